The van der Waals surface area contributed by atoms with Crippen molar-refractivity contribution in [2.45, 2.75) is 12.8 Å². The maximum Gasteiger partial charge on any atom is 0.331 e. The molecule has 0 amide bonds. The van der Waals surface area contributed by atoms with Crippen molar-refractivity contribution in [3.63, 3.8) is 0 Å². The molecule has 0 atom stereocenters. The monoisotopic (exact) mass is 260 g/mol. The van der Waals surface area contributed by atoms with Gasteiger partial charge in [0.1, 0.15) is 5.75 Å². The Hall–Kier alpha value is -2.63. The molecule has 6 nitrogen and oxygen atoms in total. The minimum Gasteiger partial charge on any atom is -0.508 e. The molecule has 0 fully saturated rings. The highest BCUT2D eigenvalue weighted by atomic mass is 16.5. The zero-order chi connectivity index (χ0) is 13.8. The molecule has 1 aromatic carbocycles. The zero-order valence-electron chi connectivity index (χ0n) is 10.0. The van der Waals surface area contributed by atoms with E-state index in [9.17, 15) is 4.79 Å². The Morgan fingerprint density at radius 3 is 2.63 bits per heavy atom. The Morgan fingerprint density at radius 1 is 1.32 bits per heavy atom. The smallest absolute Gasteiger partial charge is 0.331 e. The van der Waals surface area contributed by atoms with Crippen LogP contribution >= 0.6 is 0 Å². The third kappa shape index (κ3) is 3.41. The molecule has 1 aromatic heterocycles. The third-order valence-corrected chi connectivity index (χ3v) is 2.48. The summed E-state index contributed by atoms with van der Waals surface area (Å²) in [4.78, 5) is 14.7. The van der Waals surface area contributed by atoms with Gasteiger partial charge in [-0.15, -0.1) is 0 Å². The quantitative estimate of drug-likeness (QED) is 0.792. The van der Waals surface area contributed by atoms with E-state index in [1.165, 1.54) is 0 Å². The van der Waals surface area contributed by atoms with Crippen LogP contribution in [-0.4, -0.2) is 26.3 Å². The number of aromatic hydroxyl groups is 1. The fourth-order valence-electron chi connectivity index (χ4n) is 1.49. The molecule has 0 radical (unpaired) electrons. The van der Waals surface area contributed by atoms with Gasteiger partial charge in [-0.25, -0.2) is 4.79 Å². The first kappa shape index (κ1) is 12.8. The Morgan fingerprint density at radius 2 is 2.00 bits per heavy atom. The van der Waals surface area contributed by atoms with Crippen LogP contribution in [0, 0.1) is 0 Å². The van der Waals surface area contributed by atoms with Crippen LogP contribution < -0.4 is 0 Å². The molecule has 0 aliphatic heterocycles. The summed E-state index contributed by atoms with van der Waals surface area (Å²) in [5.74, 6) is -0.214. The number of phenols is 1. The highest BCUT2D eigenvalue weighted by molar-refractivity contribution is 5.86. The van der Waals surface area contributed by atoms with E-state index in [1.54, 1.807) is 24.3 Å². The molecule has 0 saturated carbocycles. The largest absolute Gasteiger partial charge is 0.508 e. The van der Waals surface area contributed by atoms with Gasteiger partial charge in [-0.2, -0.15) is 4.98 Å². The van der Waals surface area contributed by atoms with Crippen molar-refractivity contribution in [1.29, 1.82) is 0 Å². The van der Waals surface area contributed by atoms with Gasteiger partial charge < -0.3 is 14.7 Å². The van der Waals surface area contributed by atoms with Gasteiger partial charge in [0, 0.05) is 12.0 Å². The summed E-state index contributed by atoms with van der Waals surface area (Å²) in [6.45, 7) is 3.40. The van der Waals surface area contributed by atoms with E-state index in [2.05, 4.69) is 16.7 Å². The van der Waals surface area contributed by atoms with Crippen molar-refractivity contribution in [3.05, 3.63) is 53.7 Å². The summed E-state index contributed by atoms with van der Waals surface area (Å²) in [7, 11) is 0. The average molecular weight is 260 g/mol. The minimum atomic E-state index is -1.08. The predicted molar refractivity (Wildman–Crippen MR) is 65.7 cm³/mol. The van der Waals surface area contributed by atoms with Crippen LogP contribution in [0.1, 0.15) is 17.3 Å². The number of carboxylic acids is 1. The second-order valence-electron chi connectivity index (χ2n) is 4.03. The lowest BCUT2D eigenvalue weighted by molar-refractivity contribution is -0.132. The summed E-state index contributed by atoms with van der Waals surface area (Å²) in [5.41, 5.74) is 0.919. The van der Waals surface area contributed by atoms with Gasteiger partial charge in [0.05, 0.1) is 6.42 Å². The number of aliphatic carboxylic acids is 1. The Bertz CT molecular complexity index is 601. The van der Waals surface area contributed by atoms with E-state index >= 15 is 0 Å². The number of nitrogens with zero attached hydrogens (tertiary/aromatic N) is 2. The fourth-order valence-corrected chi connectivity index (χ4v) is 1.49. The third-order valence-electron chi connectivity index (χ3n) is 2.48. The van der Waals surface area contributed by atoms with Crippen molar-refractivity contribution in [3.8, 4) is 5.75 Å². The normalized spacial score (nSPS) is 10.3. The summed E-state index contributed by atoms with van der Waals surface area (Å²) in [6, 6.07) is 6.65. The molecule has 0 aliphatic rings. The molecular weight excluding hydrogens is 248 g/mol. The molecule has 2 rings (SSSR count). The van der Waals surface area contributed by atoms with Gasteiger partial charge in [0.15, 0.2) is 5.82 Å². The van der Waals surface area contributed by atoms with Crippen LogP contribution in [-0.2, 0) is 17.6 Å². The summed E-state index contributed by atoms with van der Waals surface area (Å²) >= 11 is 0. The predicted octanol–water partition coefficient (Wildman–Crippen LogP) is 1.55. The Labute approximate surface area is 109 Å². The number of phenolic OH excluding ortho intramolecular Hbond substituents is 1. The summed E-state index contributed by atoms with van der Waals surface area (Å²) < 4.78 is 4.95. The molecule has 0 bridgehead atoms. The van der Waals surface area contributed by atoms with Crippen molar-refractivity contribution in [2.24, 2.45) is 0 Å². The average Bonchev–Trinajstić information content (AvgIpc) is 2.79. The molecule has 2 N–H and O–H groups in total. The first-order chi connectivity index (χ1) is 9.04. The lowest BCUT2D eigenvalue weighted by Crippen LogP contribution is -2.02. The van der Waals surface area contributed by atoms with Crippen LogP contribution in [0.2, 0.25) is 0 Å². The van der Waals surface area contributed by atoms with Crippen molar-refractivity contribution < 1.29 is 19.5 Å². The highest BCUT2D eigenvalue weighted by Gasteiger charge is 2.12. The maximum atomic E-state index is 10.6. The van der Waals surface area contributed by atoms with Gasteiger partial charge in [0.25, 0.3) is 0 Å². The summed E-state index contributed by atoms with van der Waals surface area (Å²) in [5, 5.41) is 21.6. The molecule has 2 aromatic rings. The zero-order valence-corrected chi connectivity index (χ0v) is 10.0. The number of rotatable bonds is 5. The van der Waals surface area contributed by atoms with Gasteiger partial charge in [-0.3, -0.25) is 0 Å². The summed E-state index contributed by atoms with van der Waals surface area (Å²) in [6.07, 6.45) is 0.473. The van der Waals surface area contributed by atoms with Gasteiger partial charge in [-0.1, -0.05) is 23.9 Å². The van der Waals surface area contributed by atoms with E-state index in [0.717, 1.165) is 5.56 Å². The SMILES string of the molecule is C=C(Cc1nc(Cc2ccc(O)cc2)no1)C(=O)O. The number of aromatic nitrogens is 2. The van der Waals surface area contributed by atoms with Gasteiger partial charge in [0.2, 0.25) is 5.89 Å². The van der Waals surface area contributed by atoms with Crippen LogP contribution in [0.4, 0.5) is 0 Å². The van der Waals surface area contributed by atoms with E-state index in [4.69, 9.17) is 14.7 Å². The Balaban J connectivity index is 2.03. The molecule has 19 heavy (non-hydrogen) atoms. The first-order valence-electron chi connectivity index (χ1n) is 5.55. The standard InChI is InChI=1S/C13H12N2O4/c1-8(13(17)18)6-12-14-11(15-19-12)7-9-2-4-10(16)5-3-9/h2-5,16H,1,6-7H2,(H,17,18). The molecule has 0 spiro atoms. The number of benzene rings is 1. The number of carbonyl (C=O) groups is 1. The van der Waals surface area contributed by atoms with Crippen LogP contribution in [0.25, 0.3) is 0 Å². The molecule has 98 valence electrons. The maximum absolute atomic E-state index is 10.6. The van der Waals surface area contributed by atoms with Crippen LogP contribution in [0.15, 0.2) is 40.9 Å². The fraction of sp³-hybridized carbons (Fsp3) is 0.154. The Kier molecular flexibility index (Phi) is 3.61. The first-order valence-corrected chi connectivity index (χ1v) is 5.55. The second-order valence-corrected chi connectivity index (χ2v) is 4.03. The van der Waals surface area contributed by atoms with E-state index in [-0.39, 0.29) is 23.6 Å². The van der Waals surface area contributed by atoms with Crippen LogP contribution in [0.3, 0.4) is 0 Å². The number of hydrogen-bond acceptors (Lipinski definition) is 5. The number of hydrogen-bond donors (Lipinski definition) is 2. The molecule has 6 heteroatoms. The topological polar surface area (TPSA) is 96.5 Å². The number of carboxylic acid groups (broad SMARTS) is 1. The molecule has 0 saturated heterocycles. The lowest BCUT2D eigenvalue weighted by atomic mass is 10.1. The van der Waals surface area contributed by atoms with Crippen molar-refractivity contribution in [2.75, 3.05) is 0 Å². The molecule has 0 unspecified atom stereocenters. The van der Waals surface area contributed by atoms with Crippen molar-refractivity contribution in [1.82, 2.24) is 10.1 Å². The highest BCUT2D eigenvalue weighted by Crippen LogP contribution is 2.13. The van der Waals surface area contributed by atoms with Crippen LogP contribution in [0.5, 0.6) is 5.75 Å². The second kappa shape index (κ2) is 5.34. The molecule has 0 aliphatic carbocycles. The lowest BCUT2D eigenvalue weighted by Gasteiger charge is -1.96. The van der Waals surface area contributed by atoms with Gasteiger partial charge in [-0.05, 0) is 17.7 Å². The minimum absolute atomic E-state index is 0.000154. The molecule has 1 heterocycles. The van der Waals surface area contributed by atoms with E-state index in [1.807, 2.05) is 0 Å². The van der Waals surface area contributed by atoms with E-state index in [0.29, 0.717) is 12.2 Å². The van der Waals surface area contributed by atoms with Gasteiger partial charge >= 0.3 is 5.97 Å². The van der Waals surface area contributed by atoms with Crippen molar-refractivity contribution >= 4 is 5.97 Å². The van der Waals surface area contributed by atoms with E-state index < -0.39 is 5.97 Å². The molecular formula is C13H12N2O4.